The zero-order valence-electron chi connectivity index (χ0n) is 15.2. The van der Waals surface area contributed by atoms with Crippen LogP contribution in [-0.4, -0.2) is 37.1 Å². The fourth-order valence-electron chi connectivity index (χ4n) is 3.34. The maximum atomic E-state index is 12.3. The minimum absolute atomic E-state index is 0.0589. The van der Waals surface area contributed by atoms with Crippen LogP contribution in [0.1, 0.15) is 25.7 Å². The molecule has 1 fully saturated rings. The third-order valence-corrected chi connectivity index (χ3v) is 4.76. The first kappa shape index (κ1) is 18.6. The molecule has 0 radical (unpaired) electrons. The standard InChI is InChI=1S/C19H21N3O5/c1-22(11-20)18(23)14-5-3-4-6-15(14)21-19(24)27-17-10-12-9-13(25-2)7-8-16(12)26-17/h7-10,14-15H,3-6H2,1-2H3,(H,21,24)/t14-,15-/m1/s1. The summed E-state index contributed by atoms with van der Waals surface area (Å²) in [6.45, 7) is 0. The van der Waals surface area contributed by atoms with E-state index in [1.165, 1.54) is 7.05 Å². The number of carbonyl (C=O) groups is 2. The van der Waals surface area contributed by atoms with E-state index in [0.717, 1.165) is 23.1 Å². The van der Waals surface area contributed by atoms with Gasteiger partial charge in [-0.25, -0.2) is 4.79 Å². The van der Waals surface area contributed by atoms with Crippen LogP contribution in [0.5, 0.6) is 11.7 Å². The molecule has 0 unspecified atom stereocenters. The number of carbonyl (C=O) groups excluding carboxylic acids is 2. The van der Waals surface area contributed by atoms with E-state index in [4.69, 9.17) is 19.2 Å². The monoisotopic (exact) mass is 371 g/mol. The Morgan fingerprint density at radius 3 is 2.81 bits per heavy atom. The van der Waals surface area contributed by atoms with Crippen molar-refractivity contribution in [2.45, 2.75) is 31.7 Å². The topological polar surface area (TPSA) is 105 Å². The highest BCUT2D eigenvalue weighted by Crippen LogP contribution is 2.29. The Kier molecular flexibility index (Phi) is 5.50. The van der Waals surface area contributed by atoms with E-state index in [0.29, 0.717) is 24.2 Å². The van der Waals surface area contributed by atoms with E-state index in [9.17, 15) is 9.59 Å². The van der Waals surface area contributed by atoms with Gasteiger partial charge in [-0.15, -0.1) is 0 Å². The first-order valence-electron chi connectivity index (χ1n) is 8.75. The molecular weight excluding hydrogens is 350 g/mol. The van der Waals surface area contributed by atoms with Gasteiger partial charge in [0, 0.05) is 24.5 Å². The molecule has 2 amide bonds. The Morgan fingerprint density at radius 1 is 1.30 bits per heavy atom. The third kappa shape index (κ3) is 4.14. The summed E-state index contributed by atoms with van der Waals surface area (Å²) in [6.07, 6.45) is 4.19. The number of nitrogens with zero attached hydrogens (tertiary/aromatic N) is 2. The van der Waals surface area contributed by atoms with Crippen LogP contribution in [0.3, 0.4) is 0 Å². The van der Waals surface area contributed by atoms with Crippen molar-refractivity contribution in [1.29, 1.82) is 5.26 Å². The number of nitrogens with one attached hydrogen (secondary N) is 1. The Balaban J connectivity index is 1.67. The van der Waals surface area contributed by atoms with Gasteiger partial charge in [-0.05, 0) is 31.0 Å². The highest BCUT2D eigenvalue weighted by Gasteiger charge is 2.34. The number of amides is 2. The number of methoxy groups -OCH3 is 1. The van der Waals surface area contributed by atoms with E-state index in [1.54, 1.807) is 31.4 Å². The lowest BCUT2D eigenvalue weighted by molar-refractivity contribution is -0.133. The van der Waals surface area contributed by atoms with Gasteiger partial charge in [0.25, 0.3) is 5.95 Å². The first-order chi connectivity index (χ1) is 13.0. The summed E-state index contributed by atoms with van der Waals surface area (Å²) in [7, 11) is 2.99. The van der Waals surface area contributed by atoms with Gasteiger partial charge in [-0.2, -0.15) is 5.26 Å². The molecule has 1 heterocycles. The van der Waals surface area contributed by atoms with Crippen molar-refractivity contribution in [1.82, 2.24) is 10.2 Å². The van der Waals surface area contributed by atoms with Gasteiger partial charge in [0.15, 0.2) is 6.19 Å². The van der Waals surface area contributed by atoms with E-state index in [2.05, 4.69) is 5.32 Å². The van der Waals surface area contributed by atoms with Crippen LogP contribution in [0.25, 0.3) is 11.0 Å². The number of fused-ring (bicyclic) bond motifs is 1. The summed E-state index contributed by atoms with van der Waals surface area (Å²) in [5.41, 5.74) is 0.569. The number of furan rings is 1. The molecule has 1 aromatic carbocycles. The van der Waals surface area contributed by atoms with Crippen molar-refractivity contribution in [3.8, 4) is 17.9 Å². The van der Waals surface area contributed by atoms with E-state index in [-0.39, 0.29) is 17.9 Å². The van der Waals surface area contributed by atoms with Crippen LogP contribution in [-0.2, 0) is 4.79 Å². The van der Waals surface area contributed by atoms with Gasteiger partial charge >= 0.3 is 6.09 Å². The normalized spacial score (nSPS) is 19.1. The molecule has 27 heavy (non-hydrogen) atoms. The van der Waals surface area contributed by atoms with Crippen molar-refractivity contribution in [2.75, 3.05) is 14.2 Å². The zero-order chi connectivity index (χ0) is 19.4. The summed E-state index contributed by atoms with van der Waals surface area (Å²) in [4.78, 5) is 25.6. The predicted octanol–water partition coefficient (Wildman–Crippen LogP) is 3.03. The van der Waals surface area contributed by atoms with Crippen LogP contribution in [0, 0.1) is 17.4 Å². The molecule has 1 N–H and O–H groups in total. The van der Waals surface area contributed by atoms with Crippen LogP contribution in [0.15, 0.2) is 28.7 Å². The number of rotatable bonds is 4. The maximum Gasteiger partial charge on any atom is 0.415 e. The summed E-state index contributed by atoms with van der Waals surface area (Å²) in [5.74, 6) is 0.00210. The van der Waals surface area contributed by atoms with Crippen LogP contribution in [0.2, 0.25) is 0 Å². The Labute approximate surface area is 156 Å². The molecule has 8 nitrogen and oxygen atoms in total. The van der Waals surface area contributed by atoms with Gasteiger partial charge < -0.3 is 19.2 Å². The molecular formula is C19H21N3O5. The molecule has 1 aromatic heterocycles. The molecule has 0 bridgehead atoms. The minimum atomic E-state index is -0.690. The van der Waals surface area contributed by atoms with Crippen molar-refractivity contribution < 1.29 is 23.5 Å². The van der Waals surface area contributed by atoms with E-state index < -0.39 is 12.0 Å². The number of benzene rings is 1. The summed E-state index contributed by atoms with van der Waals surface area (Å²) in [6, 6.07) is 6.48. The second-order valence-corrected chi connectivity index (χ2v) is 6.50. The largest absolute Gasteiger partial charge is 0.497 e. The molecule has 0 spiro atoms. The summed E-state index contributed by atoms with van der Waals surface area (Å²) >= 11 is 0. The zero-order valence-corrected chi connectivity index (χ0v) is 15.2. The van der Waals surface area contributed by atoms with Gasteiger partial charge in [0.1, 0.15) is 11.3 Å². The van der Waals surface area contributed by atoms with E-state index in [1.807, 2.05) is 6.19 Å². The van der Waals surface area contributed by atoms with Crippen molar-refractivity contribution in [2.24, 2.45) is 5.92 Å². The molecule has 3 rings (SSSR count). The van der Waals surface area contributed by atoms with Gasteiger partial charge in [-0.3, -0.25) is 9.69 Å². The second kappa shape index (κ2) is 7.99. The predicted molar refractivity (Wildman–Crippen MR) is 96.1 cm³/mol. The third-order valence-electron chi connectivity index (χ3n) is 4.76. The Hall–Kier alpha value is -3.21. The molecule has 1 aliphatic rings. The minimum Gasteiger partial charge on any atom is -0.497 e. The number of hydrogen-bond acceptors (Lipinski definition) is 6. The lowest BCUT2D eigenvalue weighted by atomic mass is 9.83. The average molecular weight is 371 g/mol. The summed E-state index contributed by atoms with van der Waals surface area (Å²) < 4.78 is 15.9. The van der Waals surface area contributed by atoms with Gasteiger partial charge in [0.2, 0.25) is 5.91 Å². The lowest BCUT2D eigenvalue weighted by Crippen LogP contribution is -2.48. The molecule has 8 heteroatoms. The SMILES string of the molecule is COc1ccc2oc(OC(=O)N[C@@H]3CCCC[C@H]3C(=O)N(C)C#N)cc2c1. The molecule has 1 saturated carbocycles. The van der Waals surface area contributed by atoms with Crippen LogP contribution < -0.4 is 14.8 Å². The van der Waals surface area contributed by atoms with Crippen molar-refractivity contribution in [3.63, 3.8) is 0 Å². The van der Waals surface area contributed by atoms with Crippen LogP contribution >= 0.6 is 0 Å². The lowest BCUT2D eigenvalue weighted by Gasteiger charge is -2.31. The molecule has 2 atom stereocenters. The molecule has 2 aromatic rings. The molecule has 0 saturated heterocycles. The maximum absolute atomic E-state index is 12.3. The van der Waals surface area contributed by atoms with Gasteiger partial charge in [-0.1, -0.05) is 12.8 Å². The highest BCUT2D eigenvalue weighted by molar-refractivity contribution is 5.83. The average Bonchev–Trinajstić information content (AvgIpc) is 3.08. The molecule has 0 aliphatic heterocycles. The first-order valence-corrected chi connectivity index (χ1v) is 8.75. The quantitative estimate of drug-likeness (QED) is 0.654. The highest BCUT2D eigenvalue weighted by atomic mass is 16.6. The number of hydrogen-bond donors (Lipinski definition) is 1. The van der Waals surface area contributed by atoms with Crippen LogP contribution in [0.4, 0.5) is 4.79 Å². The van der Waals surface area contributed by atoms with E-state index >= 15 is 0 Å². The summed E-state index contributed by atoms with van der Waals surface area (Å²) in [5, 5.41) is 12.4. The second-order valence-electron chi connectivity index (χ2n) is 6.50. The van der Waals surface area contributed by atoms with Gasteiger partial charge in [0.05, 0.1) is 13.0 Å². The number of ether oxygens (including phenoxy) is 2. The smallest absolute Gasteiger partial charge is 0.415 e. The van der Waals surface area contributed by atoms with Crippen molar-refractivity contribution in [3.05, 3.63) is 24.3 Å². The molecule has 142 valence electrons. The number of nitriles is 1. The molecule has 1 aliphatic carbocycles. The Bertz CT molecular complexity index is 885. The Morgan fingerprint density at radius 2 is 2.07 bits per heavy atom. The fourth-order valence-corrected chi connectivity index (χ4v) is 3.34. The van der Waals surface area contributed by atoms with Crippen molar-refractivity contribution >= 4 is 23.0 Å². The fraction of sp³-hybridized carbons (Fsp3) is 0.421.